The molecule has 6 nitrogen and oxygen atoms in total. The molecule has 0 aliphatic rings. The van der Waals surface area contributed by atoms with E-state index >= 15 is 0 Å². The van der Waals surface area contributed by atoms with Crippen molar-refractivity contribution in [2.75, 3.05) is 6.61 Å². The molecule has 1 amide bonds. The highest BCUT2D eigenvalue weighted by molar-refractivity contribution is 5.81. The molecule has 0 heterocycles. The lowest BCUT2D eigenvalue weighted by atomic mass is 10.2. The van der Waals surface area contributed by atoms with Crippen molar-refractivity contribution in [2.24, 2.45) is 0 Å². The summed E-state index contributed by atoms with van der Waals surface area (Å²) < 4.78 is 9.73. The van der Waals surface area contributed by atoms with Gasteiger partial charge in [0.05, 0.1) is 12.7 Å². The Morgan fingerprint density at radius 3 is 2.45 bits per heavy atom. The van der Waals surface area contributed by atoms with Crippen molar-refractivity contribution in [2.45, 2.75) is 32.6 Å². The van der Waals surface area contributed by atoms with Crippen LogP contribution in [-0.2, 0) is 20.9 Å². The van der Waals surface area contributed by atoms with E-state index < -0.39 is 24.2 Å². The van der Waals surface area contributed by atoms with Gasteiger partial charge in [0.15, 0.2) is 6.04 Å². The lowest BCUT2D eigenvalue weighted by molar-refractivity contribution is -0.148. The van der Waals surface area contributed by atoms with Crippen LogP contribution in [0.5, 0.6) is 0 Å². The minimum absolute atomic E-state index is 0.0853. The summed E-state index contributed by atoms with van der Waals surface area (Å²) in [6.45, 7) is 3.29. The van der Waals surface area contributed by atoms with Crippen LogP contribution in [-0.4, -0.2) is 35.9 Å². The number of aliphatic hydroxyl groups excluding tert-OH is 1. The third-order valence-corrected chi connectivity index (χ3v) is 2.51. The summed E-state index contributed by atoms with van der Waals surface area (Å²) >= 11 is 0. The summed E-state index contributed by atoms with van der Waals surface area (Å²) in [7, 11) is 0. The zero-order valence-corrected chi connectivity index (χ0v) is 11.5. The molecule has 0 fully saturated rings. The Balaban J connectivity index is 2.48. The van der Waals surface area contributed by atoms with Gasteiger partial charge in [0.1, 0.15) is 6.61 Å². The van der Waals surface area contributed by atoms with Crippen molar-refractivity contribution in [3.05, 3.63) is 35.9 Å². The van der Waals surface area contributed by atoms with E-state index in [1.165, 1.54) is 6.92 Å². The molecule has 0 bridgehead atoms. The number of hydrogen-bond donors (Lipinski definition) is 2. The van der Waals surface area contributed by atoms with Gasteiger partial charge in [-0.1, -0.05) is 30.3 Å². The second-order valence-corrected chi connectivity index (χ2v) is 4.18. The fraction of sp³-hybridized carbons (Fsp3) is 0.429. The molecular weight excluding hydrogens is 262 g/mol. The molecule has 0 saturated heterocycles. The van der Waals surface area contributed by atoms with E-state index in [0.717, 1.165) is 5.56 Å². The van der Waals surface area contributed by atoms with Crippen molar-refractivity contribution in [1.29, 1.82) is 0 Å². The van der Waals surface area contributed by atoms with Gasteiger partial charge < -0.3 is 19.9 Å². The van der Waals surface area contributed by atoms with E-state index in [4.69, 9.17) is 9.47 Å². The molecule has 1 aromatic carbocycles. The highest BCUT2D eigenvalue weighted by Gasteiger charge is 2.27. The molecule has 0 spiro atoms. The summed E-state index contributed by atoms with van der Waals surface area (Å²) in [4.78, 5) is 23.1. The van der Waals surface area contributed by atoms with Gasteiger partial charge >= 0.3 is 12.1 Å². The summed E-state index contributed by atoms with van der Waals surface area (Å²) in [6.07, 6.45) is -1.86. The highest BCUT2D eigenvalue weighted by atomic mass is 16.6. The summed E-state index contributed by atoms with van der Waals surface area (Å²) in [6, 6.07) is 7.99. The fourth-order valence-corrected chi connectivity index (χ4v) is 1.50. The lowest BCUT2D eigenvalue weighted by Crippen LogP contribution is -2.48. The Bertz CT molecular complexity index is 432. The Hall–Kier alpha value is -2.08. The van der Waals surface area contributed by atoms with E-state index in [-0.39, 0.29) is 13.2 Å². The molecule has 2 N–H and O–H groups in total. The maximum absolute atomic E-state index is 11.6. The first-order valence-electron chi connectivity index (χ1n) is 6.36. The second kappa shape index (κ2) is 8.16. The predicted octanol–water partition coefficient (Wildman–Crippen LogP) is 1.23. The van der Waals surface area contributed by atoms with Gasteiger partial charge in [-0.05, 0) is 19.4 Å². The van der Waals surface area contributed by atoms with E-state index in [9.17, 15) is 14.7 Å². The van der Waals surface area contributed by atoms with Crippen LogP contribution in [0.25, 0.3) is 0 Å². The monoisotopic (exact) mass is 281 g/mol. The van der Waals surface area contributed by atoms with Crippen LogP contribution in [0.4, 0.5) is 4.79 Å². The average molecular weight is 281 g/mol. The van der Waals surface area contributed by atoms with Crippen molar-refractivity contribution in [3.8, 4) is 0 Å². The average Bonchev–Trinajstić information content (AvgIpc) is 2.43. The summed E-state index contributed by atoms with van der Waals surface area (Å²) in [5.74, 6) is -0.695. The number of carbonyl (C=O) groups excluding carboxylic acids is 2. The molecule has 0 aromatic heterocycles. The van der Waals surface area contributed by atoms with Crippen LogP contribution < -0.4 is 5.32 Å². The topological polar surface area (TPSA) is 84.9 Å². The smallest absolute Gasteiger partial charge is 0.408 e. The number of carbonyl (C=O) groups is 2. The Morgan fingerprint density at radius 1 is 1.25 bits per heavy atom. The highest BCUT2D eigenvalue weighted by Crippen LogP contribution is 2.02. The quantitative estimate of drug-likeness (QED) is 0.766. The first kappa shape index (κ1) is 16.0. The van der Waals surface area contributed by atoms with Gasteiger partial charge in [0.25, 0.3) is 0 Å². The fourth-order valence-electron chi connectivity index (χ4n) is 1.50. The second-order valence-electron chi connectivity index (χ2n) is 4.18. The number of aliphatic hydroxyl groups is 1. The number of benzene rings is 1. The predicted molar refractivity (Wildman–Crippen MR) is 71.9 cm³/mol. The Labute approximate surface area is 117 Å². The van der Waals surface area contributed by atoms with E-state index in [1.54, 1.807) is 6.92 Å². The largest absolute Gasteiger partial charge is 0.464 e. The van der Waals surface area contributed by atoms with E-state index in [1.807, 2.05) is 30.3 Å². The third kappa shape index (κ3) is 5.27. The van der Waals surface area contributed by atoms with Crippen molar-refractivity contribution in [3.63, 3.8) is 0 Å². The van der Waals surface area contributed by atoms with Crippen molar-refractivity contribution < 1.29 is 24.2 Å². The number of nitrogens with one attached hydrogen (secondary N) is 1. The zero-order valence-electron chi connectivity index (χ0n) is 11.5. The molecule has 1 aromatic rings. The van der Waals surface area contributed by atoms with Crippen LogP contribution in [0.2, 0.25) is 0 Å². The van der Waals surface area contributed by atoms with Crippen molar-refractivity contribution >= 4 is 12.1 Å². The molecule has 0 unspecified atom stereocenters. The number of hydrogen-bond acceptors (Lipinski definition) is 5. The molecule has 0 aliphatic carbocycles. The maximum Gasteiger partial charge on any atom is 0.408 e. The minimum atomic E-state index is -1.14. The van der Waals surface area contributed by atoms with Gasteiger partial charge in [-0.3, -0.25) is 0 Å². The molecular formula is C14H19NO5. The van der Waals surface area contributed by atoms with Gasteiger partial charge in [0, 0.05) is 0 Å². The molecule has 0 radical (unpaired) electrons. The van der Waals surface area contributed by atoms with Crippen LogP contribution in [0.3, 0.4) is 0 Å². The van der Waals surface area contributed by atoms with Crippen LogP contribution in [0.1, 0.15) is 19.4 Å². The van der Waals surface area contributed by atoms with Crippen LogP contribution in [0.15, 0.2) is 30.3 Å². The van der Waals surface area contributed by atoms with E-state index in [2.05, 4.69) is 5.32 Å². The van der Waals surface area contributed by atoms with Gasteiger partial charge in [0.2, 0.25) is 0 Å². The maximum atomic E-state index is 11.6. The number of amides is 1. The zero-order chi connectivity index (χ0) is 15.0. The number of ether oxygens (including phenoxy) is 2. The molecule has 20 heavy (non-hydrogen) atoms. The number of esters is 1. The Kier molecular flexibility index (Phi) is 6.52. The number of rotatable bonds is 6. The molecule has 1 rings (SSSR count). The summed E-state index contributed by atoms with van der Waals surface area (Å²) in [5.41, 5.74) is 0.826. The SMILES string of the molecule is CCOC(=O)[C@@H](NC(=O)OCc1ccccc1)[C@@H](C)O. The first-order chi connectivity index (χ1) is 9.54. The van der Waals surface area contributed by atoms with Gasteiger partial charge in [-0.25, -0.2) is 9.59 Å². The molecule has 0 aliphatic heterocycles. The lowest BCUT2D eigenvalue weighted by Gasteiger charge is -2.19. The normalized spacial score (nSPS) is 13.2. The van der Waals surface area contributed by atoms with Crippen molar-refractivity contribution in [1.82, 2.24) is 5.32 Å². The van der Waals surface area contributed by atoms with Crippen LogP contribution in [0, 0.1) is 0 Å². The Morgan fingerprint density at radius 2 is 1.90 bits per heavy atom. The molecule has 6 heteroatoms. The number of alkyl carbamates (subject to hydrolysis) is 1. The minimum Gasteiger partial charge on any atom is -0.464 e. The van der Waals surface area contributed by atoms with Gasteiger partial charge in [-0.2, -0.15) is 0 Å². The first-order valence-corrected chi connectivity index (χ1v) is 6.36. The third-order valence-electron chi connectivity index (χ3n) is 2.51. The summed E-state index contributed by atoms with van der Waals surface area (Å²) in [5, 5.41) is 11.8. The standard InChI is InChI=1S/C14H19NO5/c1-3-19-13(17)12(10(2)16)15-14(18)20-9-11-7-5-4-6-8-11/h4-8,10,12,16H,3,9H2,1-2H3,(H,15,18)/t10-,12+/m1/s1. The molecule has 110 valence electrons. The molecule has 2 atom stereocenters. The van der Waals surface area contributed by atoms with E-state index in [0.29, 0.717) is 0 Å². The van der Waals surface area contributed by atoms with Crippen LogP contribution >= 0.6 is 0 Å². The molecule has 0 saturated carbocycles. The van der Waals surface area contributed by atoms with Gasteiger partial charge in [-0.15, -0.1) is 0 Å².